The van der Waals surface area contributed by atoms with Gasteiger partial charge in [0.1, 0.15) is 6.10 Å². The number of methoxy groups -OCH3 is 1. The molecule has 2 N–H and O–H groups in total. The minimum absolute atomic E-state index is 0.113. The zero-order chi connectivity index (χ0) is 25.5. The largest absolute Gasteiger partial charge is 0.469 e. The third kappa shape index (κ3) is 7.67. The molecule has 0 spiro atoms. The summed E-state index contributed by atoms with van der Waals surface area (Å²) in [6.07, 6.45) is 11.1. The molecule has 0 heterocycles. The Labute approximate surface area is 205 Å². The van der Waals surface area contributed by atoms with E-state index in [2.05, 4.69) is 36.0 Å². The second-order valence-corrected chi connectivity index (χ2v) is 11.0. The average Bonchev–Trinajstić information content (AvgIpc) is 2.78. The molecule has 6 heteroatoms. The van der Waals surface area contributed by atoms with Crippen LogP contribution in [0.4, 0.5) is 0 Å². The summed E-state index contributed by atoms with van der Waals surface area (Å²) in [7, 11) is 1.29. The van der Waals surface area contributed by atoms with Crippen LogP contribution in [0.2, 0.25) is 0 Å². The molecule has 2 rings (SSSR count). The molecule has 0 aliphatic heterocycles. The van der Waals surface area contributed by atoms with Crippen molar-refractivity contribution in [3.8, 4) is 0 Å². The van der Waals surface area contributed by atoms with E-state index in [4.69, 9.17) is 4.74 Å². The quantitative estimate of drug-likeness (QED) is 0.326. The molecule has 2 aliphatic rings. The van der Waals surface area contributed by atoms with E-state index in [-0.39, 0.29) is 36.8 Å². The molecule has 6 nitrogen and oxygen atoms in total. The number of fused-ring (bicyclic) bond motifs is 1. The lowest BCUT2D eigenvalue weighted by Gasteiger charge is -2.48. The molecule has 0 bridgehead atoms. The Morgan fingerprint density at radius 3 is 2.50 bits per heavy atom. The van der Waals surface area contributed by atoms with Crippen molar-refractivity contribution in [2.45, 2.75) is 97.9 Å². The van der Waals surface area contributed by atoms with Crippen LogP contribution in [0.1, 0.15) is 79.6 Å². The molecule has 1 fully saturated rings. The normalized spacial score (nSPS) is 31.1. The highest BCUT2D eigenvalue weighted by molar-refractivity contribution is 5.76. The minimum atomic E-state index is -0.917. The Balaban J connectivity index is 2.14. The van der Waals surface area contributed by atoms with Crippen molar-refractivity contribution in [3.05, 3.63) is 24.3 Å². The fourth-order valence-corrected chi connectivity index (χ4v) is 5.57. The van der Waals surface area contributed by atoms with E-state index >= 15 is 0 Å². The van der Waals surface area contributed by atoms with Gasteiger partial charge in [-0.2, -0.15) is 0 Å². The number of esters is 2. The first-order chi connectivity index (χ1) is 16.0. The number of hydrogen-bond acceptors (Lipinski definition) is 6. The number of carbonyl (C=O) groups is 2. The summed E-state index contributed by atoms with van der Waals surface area (Å²) < 4.78 is 10.8. The minimum Gasteiger partial charge on any atom is -0.469 e. The molecule has 0 amide bonds. The highest BCUT2D eigenvalue weighted by atomic mass is 16.5. The molecule has 1 saturated carbocycles. The van der Waals surface area contributed by atoms with Gasteiger partial charge in [0.05, 0.1) is 31.2 Å². The van der Waals surface area contributed by atoms with Gasteiger partial charge in [0.2, 0.25) is 0 Å². The molecule has 8 atom stereocenters. The van der Waals surface area contributed by atoms with Gasteiger partial charge in [0.15, 0.2) is 0 Å². The number of aliphatic hydroxyl groups is 2. The van der Waals surface area contributed by atoms with E-state index in [1.807, 2.05) is 27.7 Å². The summed E-state index contributed by atoms with van der Waals surface area (Å²) in [5, 5.41) is 20.6. The first-order valence-corrected chi connectivity index (χ1v) is 13.0. The molecule has 0 aromatic heterocycles. The highest BCUT2D eigenvalue weighted by Crippen LogP contribution is 2.48. The molecule has 0 aromatic rings. The fourth-order valence-electron chi connectivity index (χ4n) is 5.57. The molecule has 194 valence electrons. The first-order valence-electron chi connectivity index (χ1n) is 13.0. The van der Waals surface area contributed by atoms with Crippen molar-refractivity contribution in [1.82, 2.24) is 0 Å². The lowest BCUT2D eigenvalue weighted by molar-refractivity contribution is -0.169. The predicted molar refractivity (Wildman–Crippen MR) is 133 cm³/mol. The van der Waals surface area contributed by atoms with E-state index in [0.717, 1.165) is 25.7 Å². The van der Waals surface area contributed by atoms with Crippen LogP contribution in [0.3, 0.4) is 0 Å². The number of rotatable bonds is 11. The molecule has 0 radical (unpaired) electrons. The van der Waals surface area contributed by atoms with Gasteiger partial charge in [-0.3, -0.25) is 9.59 Å². The van der Waals surface area contributed by atoms with E-state index in [1.165, 1.54) is 7.11 Å². The summed E-state index contributed by atoms with van der Waals surface area (Å²) in [5.74, 6) is 0.902. The molecular formula is C28H46O6. The summed E-state index contributed by atoms with van der Waals surface area (Å²) in [4.78, 5) is 24.4. The Morgan fingerprint density at radius 2 is 1.88 bits per heavy atom. The molecular weight excluding hydrogens is 432 g/mol. The second kappa shape index (κ2) is 12.9. The van der Waals surface area contributed by atoms with Gasteiger partial charge in [0, 0.05) is 5.92 Å². The van der Waals surface area contributed by atoms with E-state index in [1.54, 1.807) is 0 Å². The molecule has 2 aliphatic carbocycles. The standard InChI is InChI=1S/C28H46O6/c1-7-9-19-14-20-11-10-18(3)23(13-12-21(29)16-22(30)17-25(31)33-6)26(20)24(15-19)34-27(32)28(4,5)8-2/h7,9-11,18-24,26,29-30H,8,12-17H2,1-6H3/b9-7+/t18-,19-,20-,21+,22+,23-,24-,26-/m0/s1. The smallest absolute Gasteiger partial charge is 0.311 e. The highest BCUT2D eigenvalue weighted by Gasteiger charge is 2.46. The number of hydrogen-bond donors (Lipinski definition) is 2. The summed E-state index contributed by atoms with van der Waals surface area (Å²) >= 11 is 0. The second-order valence-electron chi connectivity index (χ2n) is 11.0. The number of ether oxygens (including phenoxy) is 2. The summed E-state index contributed by atoms with van der Waals surface area (Å²) in [5.41, 5.74) is -0.513. The van der Waals surface area contributed by atoms with Gasteiger partial charge in [-0.1, -0.05) is 38.2 Å². The van der Waals surface area contributed by atoms with Crippen LogP contribution in [0.5, 0.6) is 0 Å². The van der Waals surface area contributed by atoms with Gasteiger partial charge >= 0.3 is 11.9 Å². The summed E-state index contributed by atoms with van der Waals surface area (Å²) in [6, 6.07) is 0. The summed E-state index contributed by atoms with van der Waals surface area (Å²) in [6.45, 7) is 10.1. The van der Waals surface area contributed by atoms with Crippen molar-refractivity contribution in [2.24, 2.45) is 35.0 Å². The number of carbonyl (C=O) groups excluding carboxylic acids is 2. The zero-order valence-corrected chi connectivity index (χ0v) is 21.9. The van der Waals surface area contributed by atoms with Crippen LogP contribution in [-0.4, -0.2) is 47.6 Å². The van der Waals surface area contributed by atoms with Crippen LogP contribution in [0.25, 0.3) is 0 Å². The maximum Gasteiger partial charge on any atom is 0.311 e. The lowest BCUT2D eigenvalue weighted by atomic mass is 9.60. The lowest BCUT2D eigenvalue weighted by Crippen LogP contribution is -2.47. The SMILES string of the molecule is C/C=C/[C@@H]1C[C@H](OC(=O)C(C)(C)CC)[C@@H]2[C@@H](CC[C@@H](O)C[C@@H](O)CC(=O)OC)[C@@H](C)C=C[C@H]2C1. The van der Waals surface area contributed by atoms with Gasteiger partial charge < -0.3 is 19.7 Å². The third-order valence-corrected chi connectivity index (χ3v) is 8.03. The van der Waals surface area contributed by atoms with Crippen LogP contribution >= 0.6 is 0 Å². The number of aliphatic hydroxyl groups excluding tert-OH is 2. The van der Waals surface area contributed by atoms with Crippen molar-refractivity contribution in [3.63, 3.8) is 0 Å². The van der Waals surface area contributed by atoms with E-state index < -0.39 is 23.6 Å². The van der Waals surface area contributed by atoms with Crippen molar-refractivity contribution < 1.29 is 29.3 Å². The average molecular weight is 479 g/mol. The molecule has 0 unspecified atom stereocenters. The van der Waals surface area contributed by atoms with Gasteiger partial charge in [-0.25, -0.2) is 0 Å². The molecule has 34 heavy (non-hydrogen) atoms. The Morgan fingerprint density at radius 1 is 1.18 bits per heavy atom. The topological polar surface area (TPSA) is 93.1 Å². The Kier molecular flexibility index (Phi) is 10.8. The van der Waals surface area contributed by atoms with Crippen LogP contribution in [-0.2, 0) is 19.1 Å². The van der Waals surface area contributed by atoms with E-state index in [0.29, 0.717) is 24.2 Å². The zero-order valence-electron chi connectivity index (χ0n) is 21.9. The molecule has 0 saturated heterocycles. The van der Waals surface area contributed by atoms with Gasteiger partial charge in [-0.05, 0) is 83.0 Å². The van der Waals surface area contributed by atoms with Gasteiger partial charge in [-0.15, -0.1) is 0 Å². The van der Waals surface area contributed by atoms with Crippen molar-refractivity contribution in [2.75, 3.05) is 7.11 Å². The van der Waals surface area contributed by atoms with Crippen LogP contribution in [0, 0.1) is 35.0 Å². The van der Waals surface area contributed by atoms with Crippen molar-refractivity contribution >= 4 is 11.9 Å². The number of allylic oxidation sites excluding steroid dienone is 4. The Hall–Kier alpha value is -1.66. The maximum atomic E-state index is 13.0. The fraction of sp³-hybridized carbons (Fsp3) is 0.786. The Bertz CT molecular complexity index is 726. The maximum absolute atomic E-state index is 13.0. The monoisotopic (exact) mass is 478 g/mol. The van der Waals surface area contributed by atoms with Gasteiger partial charge in [0.25, 0.3) is 0 Å². The molecule has 0 aromatic carbocycles. The van der Waals surface area contributed by atoms with E-state index in [9.17, 15) is 19.8 Å². The van der Waals surface area contributed by atoms with Crippen LogP contribution in [0.15, 0.2) is 24.3 Å². The predicted octanol–water partition coefficient (Wildman–Crippen LogP) is 4.83. The first kappa shape index (κ1) is 28.6. The van der Waals surface area contributed by atoms with Crippen LogP contribution < -0.4 is 0 Å². The van der Waals surface area contributed by atoms with Crippen molar-refractivity contribution in [1.29, 1.82) is 0 Å². The third-order valence-electron chi connectivity index (χ3n) is 8.03.